The molecule has 2 aliphatic rings. The van der Waals surface area contributed by atoms with Crippen molar-refractivity contribution in [2.24, 2.45) is 5.92 Å². The number of halogens is 1. The molecule has 6 heteroatoms. The molecule has 2 fully saturated rings. The average Bonchev–Trinajstić information content (AvgIpc) is 2.79. The van der Waals surface area contributed by atoms with E-state index in [2.05, 4.69) is 4.90 Å². The number of piperidine rings is 2. The lowest BCUT2D eigenvalue weighted by molar-refractivity contribution is -0.0185. The molecular weight excluding hydrogens is 383 g/mol. The van der Waals surface area contributed by atoms with Crippen molar-refractivity contribution < 1.29 is 19.1 Å². The molecule has 5 nitrogen and oxygen atoms in total. The fourth-order valence-corrected chi connectivity index (χ4v) is 4.64. The Morgan fingerprint density at radius 1 is 0.867 bits per heavy atom. The normalized spacial score (nSPS) is 23.3. The summed E-state index contributed by atoms with van der Waals surface area (Å²) in [4.78, 5) is 29.3. The molecule has 0 spiro atoms. The number of ketones is 1. The van der Waals surface area contributed by atoms with Crippen molar-refractivity contribution >= 4 is 11.7 Å². The van der Waals surface area contributed by atoms with Crippen LogP contribution in [0.4, 0.5) is 4.39 Å². The lowest BCUT2D eigenvalue weighted by Gasteiger charge is -2.44. The van der Waals surface area contributed by atoms with Gasteiger partial charge in [0.15, 0.2) is 5.78 Å². The molecular formula is C24H27FN2O3. The highest BCUT2D eigenvalue weighted by Gasteiger charge is 2.36. The smallest absolute Gasteiger partial charge is 0.253 e. The Hall–Kier alpha value is -2.57. The van der Waals surface area contributed by atoms with Gasteiger partial charge in [0.1, 0.15) is 5.82 Å². The molecule has 158 valence electrons. The van der Waals surface area contributed by atoms with Gasteiger partial charge in [-0.25, -0.2) is 4.39 Å². The highest BCUT2D eigenvalue weighted by Crippen LogP contribution is 2.27. The summed E-state index contributed by atoms with van der Waals surface area (Å²) >= 11 is 0. The van der Waals surface area contributed by atoms with E-state index in [1.165, 1.54) is 12.1 Å². The van der Waals surface area contributed by atoms with E-state index in [0.717, 1.165) is 32.4 Å². The standard InChI is InChI=1S/C24H27FN2O3/c25-20-8-6-17(7-9-20)23(29)18-10-13-26(14-11-18)21-12-15-27(16-22(21)28)24(30)19-4-2-1-3-5-19/h1-9,18,21-22,28H,10-16H2/t21-,22-/m0/s1. The lowest BCUT2D eigenvalue weighted by atomic mass is 9.87. The maximum atomic E-state index is 13.1. The minimum absolute atomic E-state index is 0.00620. The minimum atomic E-state index is -0.601. The van der Waals surface area contributed by atoms with Crippen LogP contribution in [-0.4, -0.2) is 64.9 Å². The lowest BCUT2D eigenvalue weighted by Crippen LogP contribution is -2.57. The van der Waals surface area contributed by atoms with Gasteiger partial charge in [-0.2, -0.15) is 0 Å². The third kappa shape index (κ3) is 4.45. The Kier molecular flexibility index (Phi) is 6.25. The zero-order valence-electron chi connectivity index (χ0n) is 16.9. The SMILES string of the molecule is O=C(c1ccc(F)cc1)C1CCN([C@H]2CCN(C(=O)c3ccccc3)C[C@@H]2O)CC1. The molecule has 0 bridgehead atoms. The number of benzene rings is 2. The van der Waals surface area contributed by atoms with Gasteiger partial charge in [0.05, 0.1) is 6.10 Å². The van der Waals surface area contributed by atoms with Crippen LogP contribution >= 0.6 is 0 Å². The van der Waals surface area contributed by atoms with Gasteiger partial charge < -0.3 is 10.0 Å². The summed E-state index contributed by atoms with van der Waals surface area (Å²) in [6.07, 6.45) is 1.57. The number of likely N-dealkylation sites (tertiary alicyclic amines) is 2. The number of rotatable bonds is 4. The Balaban J connectivity index is 1.31. The molecule has 0 radical (unpaired) electrons. The molecule has 1 amide bonds. The molecule has 1 N–H and O–H groups in total. The van der Waals surface area contributed by atoms with Crippen LogP contribution in [0.5, 0.6) is 0 Å². The summed E-state index contributed by atoms with van der Waals surface area (Å²) in [5.74, 6) is -0.383. The van der Waals surface area contributed by atoms with E-state index < -0.39 is 6.10 Å². The first kappa shape index (κ1) is 20.7. The molecule has 2 atom stereocenters. The number of carbonyl (C=O) groups excluding carboxylic acids is 2. The number of aliphatic hydroxyl groups excluding tert-OH is 1. The Bertz CT molecular complexity index is 879. The van der Waals surface area contributed by atoms with Gasteiger partial charge in [0.2, 0.25) is 0 Å². The summed E-state index contributed by atoms with van der Waals surface area (Å²) in [7, 11) is 0. The number of aliphatic hydroxyl groups is 1. The van der Waals surface area contributed by atoms with E-state index in [9.17, 15) is 19.1 Å². The molecule has 2 saturated heterocycles. The predicted octanol–water partition coefficient (Wildman–Crippen LogP) is 3.00. The van der Waals surface area contributed by atoms with Crippen LogP contribution in [0.2, 0.25) is 0 Å². The maximum absolute atomic E-state index is 13.1. The monoisotopic (exact) mass is 410 g/mol. The van der Waals surface area contributed by atoms with Gasteiger partial charge in [0.25, 0.3) is 5.91 Å². The number of nitrogens with zero attached hydrogens (tertiary/aromatic N) is 2. The number of Topliss-reactive ketones (excluding diaryl/α,β-unsaturated/α-hetero) is 1. The summed E-state index contributed by atoms with van der Waals surface area (Å²) in [6.45, 7) is 2.43. The van der Waals surface area contributed by atoms with Crippen molar-refractivity contribution in [1.82, 2.24) is 9.80 Å². The van der Waals surface area contributed by atoms with Crippen LogP contribution in [0.3, 0.4) is 0 Å². The first-order chi connectivity index (χ1) is 14.5. The third-order valence-electron chi connectivity index (χ3n) is 6.35. The topological polar surface area (TPSA) is 60.9 Å². The summed E-state index contributed by atoms with van der Waals surface area (Å²) in [6, 6.07) is 14.9. The molecule has 0 unspecified atom stereocenters. The maximum Gasteiger partial charge on any atom is 0.253 e. The number of carbonyl (C=O) groups is 2. The molecule has 2 aromatic carbocycles. The molecule has 0 aliphatic carbocycles. The van der Waals surface area contributed by atoms with Gasteiger partial charge in [-0.05, 0) is 68.8 Å². The van der Waals surface area contributed by atoms with E-state index >= 15 is 0 Å². The van der Waals surface area contributed by atoms with Crippen molar-refractivity contribution in [1.29, 1.82) is 0 Å². The Morgan fingerprint density at radius 3 is 2.17 bits per heavy atom. The number of amides is 1. The van der Waals surface area contributed by atoms with E-state index in [0.29, 0.717) is 24.2 Å². The molecule has 2 heterocycles. The zero-order valence-corrected chi connectivity index (χ0v) is 16.9. The first-order valence-electron chi connectivity index (χ1n) is 10.6. The fourth-order valence-electron chi connectivity index (χ4n) is 4.64. The zero-order chi connectivity index (χ0) is 21.1. The van der Waals surface area contributed by atoms with Gasteiger partial charge in [-0.1, -0.05) is 18.2 Å². The highest BCUT2D eigenvalue weighted by atomic mass is 19.1. The molecule has 0 saturated carbocycles. The second kappa shape index (κ2) is 9.06. The summed E-state index contributed by atoms with van der Waals surface area (Å²) in [5, 5.41) is 10.7. The van der Waals surface area contributed by atoms with Crippen LogP contribution in [0.15, 0.2) is 54.6 Å². The summed E-state index contributed by atoms with van der Waals surface area (Å²) < 4.78 is 13.1. The second-order valence-corrected chi connectivity index (χ2v) is 8.22. The average molecular weight is 410 g/mol. The number of hydrogen-bond donors (Lipinski definition) is 1. The van der Waals surface area contributed by atoms with Crippen LogP contribution in [0.25, 0.3) is 0 Å². The van der Waals surface area contributed by atoms with Gasteiger partial charge in [-0.15, -0.1) is 0 Å². The van der Waals surface area contributed by atoms with Crippen molar-refractivity contribution in [2.45, 2.75) is 31.4 Å². The quantitative estimate of drug-likeness (QED) is 0.788. The van der Waals surface area contributed by atoms with E-state index in [1.54, 1.807) is 29.2 Å². The Labute approximate surface area is 176 Å². The van der Waals surface area contributed by atoms with Crippen molar-refractivity contribution in [3.8, 4) is 0 Å². The largest absolute Gasteiger partial charge is 0.390 e. The van der Waals surface area contributed by atoms with Gasteiger partial charge in [0, 0.05) is 36.2 Å². The van der Waals surface area contributed by atoms with Crippen LogP contribution in [0, 0.1) is 11.7 Å². The molecule has 0 aromatic heterocycles. The van der Waals surface area contributed by atoms with Gasteiger partial charge >= 0.3 is 0 Å². The predicted molar refractivity (Wildman–Crippen MR) is 112 cm³/mol. The molecule has 30 heavy (non-hydrogen) atoms. The fraction of sp³-hybridized carbons (Fsp3) is 0.417. The molecule has 2 aliphatic heterocycles. The van der Waals surface area contributed by atoms with Crippen molar-refractivity contribution in [3.05, 3.63) is 71.5 Å². The van der Waals surface area contributed by atoms with Crippen molar-refractivity contribution in [3.63, 3.8) is 0 Å². The molecule has 4 rings (SSSR count). The van der Waals surface area contributed by atoms with Crippen LogP contribution in [-0.2, 0) is 0 Å². The first-order valence-corrected chi connectivity index (χ1v) is 10.6. The third-order valence-corrected chi connectivity index (χ3v) is 6.35. The summed E-state index contributed by atoms with van der Waals surface area (Å²) in [5.41, 5.74) is 1.20. The van der Waals surface area contributed by atoms with Crippen LogP contribution in [0.1, 0.15) is 40.0 Å². The minimum Gasteiger partial charge on any atom is -0.390 e. The van der Waals surface area contributed by atoms with Gasteiger partial charge in [-0.3, -0.25) is 14.5 Å². The number of hydrogen-bond acceptors (Lipinski definition) is 4. The number of β-amino-alcohol motifs (C(OH)–C–C–N with tert-alkyl or cyclic N) is 1. The second-order valence-electron chi connectivity index (χ2n) is 8.22. The van der Waals surface area contributed by atoms with E-state index in [4.69, 9.17) is 0 Å². The Morgan fingerprint density at radius 2 is 1.53 bits per heavy atom. The van der Waals surface area contributed by atoms with E-state index in [1.807, 2.05) is 18.2 Å². The molecule has 2 aromatic rings. The highest BCUT2D eigenvalue weighted by molar-refractivity contribution is 5.97. The van der Waals surface area contributed by atoms with E-state index in [-0.39, 0.29) is 29.5 Å². The van der Waals surface area contributed by atoms with Crippen LogP contribution < -0.4 is 0 Å². The van der Waals surface area contributed by atoms with Crippen molar-refractivity contribution in [2.75, 3.05) is 26.2 Å².